The van der Waals surface area contributed by atoms with Crippen LogP contribution in [0.1, 0.15) is 40.0 Å². The minimum absolute atomic E-state index is 0.0894. The maximum atomic E-state index is 13.6. The van der Waals surface area contributed by atoms with E-state index in [0.29, 0.717) is 50.8 Å². The van der Waals surface area contributed by atoms with E-state index < -0.39 is 18.0 Å². The Labute approximate surface area is 298 Å². The molecule has 0 aromatic heterocycles. The summed E-state index contributed by atoms with van der Waals surface area (Å²) in [5.41, 5.74) is 5.85. The molecule has 5 aromatic rings. The van der Waals surface area contributed by atoms with E-state index in [4.69, 9.17) is 0 Å². The second-order valence-electron chi connectivity index (χ2n) is 12.2. The third kappa shape index (κ3) is 7.07. The summed E-state index contributed by atoms with van der Waals surface area (Å²) >= 11 is 0. The first-order chi connectivity index (χ1) is 25.2. The number of imide groups is 1. The Kier molecular flexibility index (Phi) is 9.18. The molecule has 0 spiro atoms. The van der Waals surface area contributed by atoms with Crippen LogP contribution in [0.3, 0.4) is 0 Å². The molecule has 1 fully saturated rings. The molecule has 258 valence electrons. The van der Waals surface area contributed by atoms with Crippen LogP contribution in [-0.2, 0) is 9.59 Å². The Morgan fingerprint density at radius 1 is 0.692 bits per heavy atom. The Balaban J connectivity index is 1.13. The second-order valence-corrected chi connectivity index (χ2v) is 12.2. The summed E-state index contributed by atoms with van der Waals surface area (Å²) in [5.74, 6) is -0.995. The van der Waals surface area contributed by atoms with E-state index in [-0.39, 0.29) is 24.4 Å². The van der Waals surface area contributed by atoms with Crippen LogP contribution in [0, 0.1) is 0 Å². The van der Waals surface area contributed by atoms with Gasteiger partial charge in [0.2, 0.25) is 0 Å². The van der Waals surface area contributed by atoms with E-state index >= 15 is 0 Å². The molecule has 0 bridgehead atoms. The zero-order valence-corrected chi connectivity index (χ0v) is 27.9. The predicted molar refractivity (Wildman–Crippen MR) is 201 cm³/mol. The number of rotatable bonds is 9. The zero-order chi connectivity index (χ0) is 36.2. The number of hydrogen-bond donors (Lipinski definition) is 6. The van der Waals surface area contributed by atoms with Gasteiger partial charge in [-0.25, -0.2) is 14.5 Å². The normalized spacial score (nSPS) is 14.9. The number of anilines is 5. The van der Waals surface area contributed by atoms with Gasteiger partial charge in [-0.1, -0.05) is 72.8 Å². The summed E-state index contributed by atoms with van der Waals surface area (Å²) in [5, 5.41) is 17.4. The zero-order valence-electron chi connectivity index (χ0n) is 27.9. The number of carbonyl (C=O) groups is 5. The fourth-order valence-electron chi connectivity index (χ4n) is 6.06. The Morgan fingerprint density at radius 2 is 1.35 bits per heavy atom. The van der Waals surface area contributed by atoms with Crippen LogP contribution in [0.25, 0.3) is 11.3 Å². The highest BCUT2D eigenvalue weighted by Gasteiger charge is 2.31. The van der Waals surface area contributed by atoms with Gasteiger partial charge in [0.15, 0.2) is 0 Å². The molecule has 2 aliphatic heterocycles. The molecule has 12 heteroatoms. The first-order valence-corrected chi connectivity index (χ1v) is 16.5. The summed E-state index contributed by atoms with van der Waals surface area (Å²) in [6.45, 7) is 1.83. The highest BCUT2D eigenvalue weighted by molar-refractivity contribution is 6.37. The molecule has 2 heterocycles. The van der Waals surface area contributed by atoms with E-state index in [0.717, 1.165) is 16.0 Å². The number of nitrogens with one attached hydrogen (secondary N) is 6. The number of benzene rings is 5. The molecule has 0 aliphatic carbocycles. The maximum absolute atomic E-state index is 13.6. The standard InChI is InChI=1S/C40H33N7O5/c1-24(25-10-4-2-5-11-25)42-37(49)27-18-19-33-32(20-27)35(38(50)46-33)36(26-12-6-3-7-13-26)43-28-14-8-15-29(21-28)44-39(51)45-30-16-9-17-31(22-30)47-34(48)23-41-40(47)52/h2-22,24,43H,23H2,1H3,(H,41,52)(H,42,49)(H,46,50)(H2,44,45,51)/b36-35-/t24-/m0/s1. The van der Waals surface area contributed by atoms with Crippen LogP contribution in [-0.4, -0.2) is 36.3 Å². The second kappa shape index (κ2) is 14.3. The lowest BCUT2D eigenvalue weighted by molar-refractivity contribution is -0.116. The fourth-order valence-corrected chi connectivity index (χ4v) is 6.06. The van der Waals surface area contributed by atoms with Crippen molar-refractivity contribution in [1.29, 1.82) is 0 Å². The molecule has 0 unspecified atom stereocenters. The molecule has 2 aliphatic rings. The molecular weight excluding hydrogens is 658 g/mol. The topological polar surface area (TPSA) is 161 Å². The van der Waals surface area contributed by atoms with Crippen LogP contribution in [0.5, 0.6) is 0 Å². The van der Waals surface area contributed by atoms with Crippen LogP contribution >= 0.6 is 0 Å². The number of fused-ring (bicyclic) bond motifs is 1. The van der Waals surface area contributed by atoms with Gasteiger partial charge in [0.1, 0.15) is 0 Å². The largest absolute Gasteiger partial charge is 0.354 e. The quantitative estimate of drug-likeness (QED) is 0.0736. The van der Waals surface area contributed by atoms with Gasteiger partial charge in [0.25, 0.3) is 17.7 Å². The van der Waals surface area contributed by atoms with E-state index in [9.17, 15) is 24.0 Å². The lowest BCUT2D eigenvalue weighted by atomic mass is 9.98. The van der Waals surface area contributed by atoms with Crippen LogP contribution < -0.4 is 36.8 Å². The molecule has 1 atom stereocenters. The molecule has 1 saturated heterocycles. The van der Waals surface area contributed by atoms with Crippen molar-refractivity contribution < 1.29 is 24.0 Å². The van der Waals surface area contributed by atoms with Gasteiger partial charge in [-0.2, -0.15) is 0 Å². The van der Waals surface area contributed by atoms with Crippen molar-refractivity contribution >= 4 is 69.5 Å². The highest BCUT2D eigenvalue weighted by atomic mass is 16.2. The molecule has 7 rings (SSSR count). The summed E-state index contributed by atoms with van der Waals surface area (Å²) in [7, 11) is 0. The highest BCUT2D eigenvalue weighted by Crippen LogP contribution is 2.38. The molecule has 0 radical (unpaired) electrons. The van der Waals surface area contributed by atoms with Crippen molar-refractivity contribution in [2.24, 2.45) is 0 Å². The Bertz CT molecular complexity index is 2240. The SMILES string of the molecule is C[C@H](NC(=O)c1ccc2c(c1)/C(=C(/Nc1cccc(NC(=O)Nc3cccc(N4C(=O)CNC4=O)c3)c1)c1ccccc1)C(=O)N2)c1ccccc1. The third-order valence-electron chi connectivity index (χ3n) is 8.58. The molecule has 52 heavy (non-hydrogen) atoms. The predicted octanol–water partition coefficient (Wildman–Crippen LogP) is 6.81. The van der Waals surface area contributed by atoms with Gasteiger partial charge in [0.05, 0.1) is 29.5 Å². The smallest absolute Gasteiger partial charge is 0.329 e. The number of carbonyl (C=O) groups excluding carboxylic acids is 5. The molecule has 12 nitrogen and oxygen atoms in total. The Hall–Kier alpha value is -7.21. The first kappa shape index (κ1) is 33.3. The summed E-state index contributed by atoms with van der Waals surface area (Å²) < 4.78 is 0. The fraction of sp³-hybridized carbons (Fsp3) is 0.0750. The molecule has 6 N–H and O–H groups in total. The van der Waals surface area contributed by atoms with Gasteiger partial charge in [-0.3, -0.25) is 14.4 Å². The van der Waals surface area contributed by atoms with E-state index in [2.05, 4.69) is 31.9 Å². The van der Waals surface area contributed by atoms with E-state index in [1.165, 1.54) is 6.07 Å². The average Bonchev–Trinajstić information content (AvgIpc) is 3.67. The van der Waals surface area contributed by atoms with Crippen LogP contribution in [0.15, 0.2) is 127 Å². The van der Waals surface area contributed by atoms with Crippen molar-refractivity contribution in [2.75, 3.05) is 32.7 Å². The van der Waals surface area contributed by atoms with Crippen molar-refractivity contribution in [3.8, 4) is 0 Å². The minimum atomic E-state index is -0.551. The first-order valence-electron chi connectivity index (χ1n) is 16.5. The van der Waals surface area contributed by atoms with Gasteiger partial charge in [0, 0.05) is 33.9 Å². The van der Waals surface area contributed by atoms with Crippen molar-refractivity contribution in [1.82, 2.24) is 10.6 Å². The lowest BCUT2D eigenvalue weighted by Crippen LogP contribution is -2.30. The Morgan fingerprint density at radius 3 is 2.04 bits per heavy atom. The van der Waals surface area contributed by atoms with Gasteiger partial charge in [-0.15, -0.1) is 0 Å². The van der Waals surface area contributed by atoms with Crippen molar-refractivity contribution in [3.05, 3.63) is 150 Å². The van der Waals surface area contributed by atoms with Crippen LogP contribution in [0.4, 0.5) is 38.0 Å². The monoisotopic (exact) mass is 691 g/mol. The molecular formula is C40H33N7O5. The van der Waals surface area contributed by atoms with E-state index in [1.54, 1.807) is 60.7 Å². The van der Waals surface area contributed by atoms with Crippen molar-refractivity contribution in [2.45, 2.75) is 13.0 Å². The number of amides is 7. The number of urea groups is 2. The van der Waals surface area contributed by atoms with Crippen LogP contribution in [0.2, 0.25) is 0 Å². The average molecular weight is 692 g/mol. The summed E-state index contributed by atoms with van der Waals surface area (Å²) in [6.07, 6.45) is 0. The molecule has 5 aromatic carbocycles. The molecule has 0 saturated carbocycles. The lowest BCUT2D eigenvalue weighted by Gasteiger charge is -2.17. The summed E-state index contributed by atoms with van der Waals surface area (Å²) in [6, 6.07) is 36.2. The maximum Gasteiger partial charge on any atom is 0.329 e. The van der Waals surface area contributed by atoms with Crippen molar-refractivity contribution in [3.63, 3.8) is 0 Å². The minimum Gasteiger partial charge on any atom is -0.354 e. The van der Waals surface area contributed by atoms with Gasteiger partial charge >= 0.3 is 12.1 Å². The number of nitrogens with zero attached hydrogens (tertiary/aromatic N) is 1. The third-order valence-corrected chi connectivity index (χ3v) is 8.58. The van der Waals surface area contributed by atoms with E-state index in [1.807, 2.05) is 67.6 Å². The van der Waals surface area contributed by atoms with Gasteiger partial charge < -0.3 is 31.9 Å². The summed E-state index contributed by atoms with van der Waals surface area (Å²) in [4.78, 5) is 65.2. The van der Waals surface area contributed by atoms with Gasteiger partial charge in [-0.05, 0) is 72.6 Å². The molecule has 7 amide bonds. The number of hydrogen-bond acceptors (Lipinski definition) is 6.